The average Bonchev–Trinajstić information content (AvgIpc) is 3.44. The van der Waals surface area contributed by atoms with Gasteiger partial charge < -0.3 is 18.6 Å². The summed E-state index contributed by atoms with van der Waals surface area (Å²) in [5.41, 5.74) is 1.83. The fraction of sp³-hybridized carbons (Fsp3) is 0.280. The molecule has 4 aromatic rings. The number of carbonyl (C=O) groups is 1. The van der Waals surface area contributed by atoms with Gasteiger partial charge in [0.05, 0.1) is 15.5 Å². The van der Waals surface area contributed by atoms with Gasteiger partial charge in [0.15, 0.2) is 5.76 Å². The topological polar surface area (TPSA) is 72.5 Å². The predicted octanol–water partition coefficient (Wildman–Crippen LogP) is 5.56. The number of nitrogens with zero attached hydrogens (tertiary/aromatic N) is 3. The summed E-state index contributed by atoms with van der Waals surface area (Å²) in [5.74, 6) is 1.65. The Bertz CT molecular complexity index is 1230. The molecule has 8 heteroatoms. The quantitative estimate of drug-likeness (QED) is 0.302. The number of benzene rings is 2. The first-order valence-electron chi connectivity index (χ1n) is 11.0. The molecule has 0 saturated carbocycles. The number of imidazole rings is 1. The van der Waals surface area contributed by atoms with Crippen molar-refractivity contribution in [1.29, 1.82) is 0 Å². The third-order valence-electron chi connectivity index (χ3n) is 5.51. The lowest BCUT2D eigenvalue weighted by atomic mass is 10.3. The molecule has 2 heterocycles. The van der Waals surface area contributed by atoms with E-state index in [9.17, 15) is 4.79 Å². The Labute approximate surface area is 201 Å². The number of furan rings is 1. The number of likely N-dealkylation sites (N-methyl/N-ethyl adjacent to an activating group) is 1. The lowest BCUT2D eigenvalue weighted by Gasteiger charge is -2.19. The first kappa shape index (κ1) is 23.1. The van der Waals surface area contributed by atoms with Gasteiger partial charge in [-0.2, -0.15) is 0 Å². The summed E-state index contributed by atoms with van der Waals surface area (Å²) in [7, 11) is 0. The van der Waals surface area contributed by atoms with Crippen molar-refractivity contribution < 1.29 is 13.9 Å². The van der Waals surface area contributed by atoms with Gasteiger partial charge in [0.25, 0.3) is 5.91 Å². The lowest BCUT2D eigenvalue weighted by Crippen LogP contribution is -2.27. The van der Waals surface area contributed by atoms with E-state index in [0.29, 0.717) is 17.5 Å². The Balaban J connectivity index is 1.47. The second-order valence-corrected chi connectivity index (χ2v) is 8.40. The van der Waals surface area contributed by atoms with Crippen molar-refractivity contribution in [3.8, 4) is 5.75 Å². The highest BCUT2D eigenvalue weighted by Crippen LogP contribution is 2.25. The SMILES string of the molecule is CCN(CC)CCn1c(NC(=O)c2ccc(COc3ccccc3Br)o2)nc2ccccc21. The third kappa shape index (κ3) is 5.46. The standard InChI is InChI=1S/C25H27BrN4O3/c1-3-29(4-2)15-16-30-21-11-7-6-10-20(21)27-25(30)28-24(31)23-14-13-18(33-23)17-32-22-12-8-5-9-19(22)26/h5-14H,3-4,15-17H2,1-2H3,(H,27,28,31). The van der Waals surface area contributed by atoms with Crippen LogP contribution in [0.25, 0.3) is 11.0 Å². The molecule has 0 radical (unpaired) electrons. The van der Waals surface area contributed by atoms with Gasteiger partial charge >= 0.3 is 0 Å². The van der Waals surface area contributed by atoms with Crippen LogP contribution in [0.3, 0.4) is 0 Å². The monoisotopic (exact) mass is 510 g/mol. The first-order valence-corrected chi connectivity index (χ1v) is 11.8. The van der Waals surface area contributed by atoms with Crippen LogP contribution in [0, 0.1) is 0 Å². The fourth-order valence-corrected chi connectivity index (χ4v) is 4.03. The van der Waals surface area contributed by atoms with Gasteiger partial charge in [-0.05, 0) is 65.4 Å². The zero-order valence-electron chi connectivity index (χ0n) is 18.8. The number of amides is 1. The van der Waals surface area contributed by atoms with Crippen LogP contribution in [0.2, 0.25) is 0 Å². The van der Waals surface area contributed by atoms with Crippen molar-refractivity contribution in [3.63, 3.8) is 0 Å². The van der Waals surface area contributed by atoms with Crippen molar-refractivity contribution in [2.75, 3.05) is 25.0 Å². The van der Waals surface area contributed by atoms with Crippen molar-refractivity contribution >= 4 is 38.8 Å². The number of ether oxygens (including phenoxy) is 1. The number of aromatic nitrogens is 2. The zero-order chi connectivity index (χ0) is 23.2. The van der Waals surface area contributed by atoms with Crippen LogP contribution in [0.5, 0.6) is 5.75 Å². The molecule has 0 bridgehead atoms. The molecule has 7 nitrogen and oxygen atoms in total. The molecule has 0 aliphatic heterocycles. The van der Waals surface area contributed by atoms with Crippen LogP contribution in [0.1, 0.15) is 30.2 Å². The van der Waals surface area contributed by atoms with Crippen molar-refractivity contribution in [2.45, 2.75) is 27.0 Å². The molecule has 2 aromatic heterocycles. The number of anilines is 1. The molecule has 2 aromatic carbocycles. The summed E-state index contributed by atoms with van der Waals surface area (Å²) < 4.78 is 14.4. The van der Waals surface area contributed by atoms with E-state index < -0.39 is 0 Å². The number of halogens is 1. The predicted molar refractivity (Wildman–Crippen MR) is 133 cm³/mol. The summed E-state index contributed by atoms with van der Waals surface area (Å²) in [6, 6.07) is 18.9. The molecule has 172 valence electrons. The minimum Gasteiger partial charge on any atom is -0.484 e. The van der Waals surface area contributed by atoms with Crippen molar-refractivity contribution in [1.82, 2.24) is 14.5 Å². The summed E-state index contributed by atoms with van der Waals surface area (Å²) in [4.78, 5) is 19.9. The Hall–Kier alpha value is -3.10. The largest absolute Gasteiger partial charge is 0.484 e. The van der Waals surface area contributed by atoms with E-state index in [-0.39, 0.29) is 18.3 Å². The van der Waals surface area contributed by atoms with Gasteiger partial charge in [-0.25, -0.2) is 4.98 Å². The highest BCUT2D eigenvalue weighted by molar-refractivity contribution is 9.10. The van der Waals surface area contributed by atoms with E-state index in [2.05, 4.69) is 45.0 Å². The Kier molecular flexibility index (Phi) is 7.47. The molecule has 1 N–H and O–H groups in total. The van der Waals surface area contributed by atoms with E-state index in [1.54, 1.807) is 12.1 Å². The summed E-state index contributed by atoms with van der Waals surface area (Å²) in [6.45, 7) is 8.05. The molecule has 0 atom stereocenters. The number of hydrogen-bond donors (Lipinski definition) is 1. The van der Waals surface area contributed by atoms with E-state index in [1.807, 2.05) is 53.1 Å². The van der Waals surface area contributed by atoms with E-state index >= 15 is 0 Å². The molecule has 0 unspecified atom stereocenters. The lowest BCUT2D eigenvalue weighted by molar-refractivity contribution is 0.0991. The number of rotatable bonds is 10. The molecule has 0 saturated heterocycles. The van der Waals surface area contributed by atoms with Gasteiger partial charge in [-0.15, -0.1) is 0 Å². The number of para-hydroxylation sites is 3. The smallest absolute Gasteiger partial charge is 0.293 e. The van der Waals surface area contributed by atoms with Gasteiger partial charge in [-0.1, -0.05) is 38.1 Å². The zero-order valence-corrected chi connectivity index (χ0v) is 20.3. The summed E-state index contributed by atoms with van der Waals surface area (Å²) in [6.07, 6.45) is 0. The van der Waals surface area contributed by atoms with E-state index in [0.717, 1.165) is 41.7 Å². The maximum atomic E-state index is 12.9. The Morgan fingerprint density at radius 1 is 1.09 bits per heavy atom. The fourth-order valence-electron chi connectivity index (χ4n) is 3.63. The molecule has 0 aliphatic rings. The second-order valence-electron chi connectivity index (χ2n) is 7.54. The number of carbonyl (C=O) groups excluding carboxylic acids is 1. The number of fused-ring (bicyclic) bond motifs is 1. The highest BCUT2D eigenvalue weighted by Gasteiger charge is 2.17. The number of hydrogen-bond acceptors (Lipinski definition) is 5. The molecule has 33 heavy (non-hydrogen) atoms. The van der Waals surface area contributed by atoms with Crippen LogP contribution < -0.4 is 10.1 Å². The van der Waals surface area contributed by atoms with Gasteiger partial charge in [0, 0.05) is 13.1 Å². The molecule has 1 amide bonds. The van der Waals surface area contributed by atoms with Gasteiger partial charge in [0.2, 0.25) is 5.95 Å². The van der Waals surface area contributed by atoms with Gasteiger partial charge in [0.1, 0.15) is 18.1 Å². The second kappa shape index (κ2) is 10.7. The van der Waals surface area contributed by atoms with Crippen molar-refractivity contribution in [2.24, 2.45) is 0 Å². The minimum atomic E-state index is -0.346. The summed E-state index contributed by atoms with van der Waals surface area (Å²) in [5, 5.41) is 2.92. The van der Waals surface area contributed by atoms with Crippen LogP contribution in [0.15, 0.2) is 69.6 Å². The van der Waals surface area contributed by atoms with Crippen LogP contribution in [-0.4, -0.2) is 40.0 Å². The minimum absolute atomic E-state index is 0.211. The molecule has 0 fully saturated rings. The molecule has 0 spiro atoms. The third-order valence-corrected chi connectivity index (χ3v) is 6.16. The maximum absolute atomic E-state index is 12.9. The van der Waals surface area contributed by atoms with Crippen LogP contribution in [-0.2, 0) is 13.2 Å². The maximum Gasteiger partial charge on any atom is 0.293 e. The normalized spacial score (nSPS) is 11.3. The number of nitrogens with one attached hydrogen (secondary N) is 1. The van der Waals surface area contributed by atoms with E-state index in [1.165, 1.54) is 0 Å². The average molecular weight is 511 g/mol. The van der Waals surface area contributed by atoms with Crippen LogP contribution in [0.4, 0.5) is 5.95 Å². The van der Waals surface area contributed by atoms with Crippen LogP contribution >= 0.6 is 15.9 Å². The highest BCUT2D eigenvalue weighted by atomic mass is 79.9. The summed E-state index contributed by atoms with van der Waals surface area (Å²) >= 11 is 3.46. The van der Waals surface area contributed by atoms with Crippen molar-refractivity contribution in [3.05, 3.63) is 76.7 Å². The molecule has 4 rings (SSSR count). The molecule has 0 aliphatic carbocycles. The molecular weight excluding hydrogens is 484 g/mol. The van der Waals surface area contributed by atoms with Gasteiger partial charge in [-0.3, -0.25) is 10.1 Å². The Morgan fingerprint density at radius 3 is 2.64 bits per heavy atom. The first-order chi connectivity index (χ1) is 16.1. The Morgan fingerprint density at radius 2 is 1.85 bits per heavy atom. The van der Waals surface area contributed by atoms with E-state index in [4.69, 9.17) is 9.15 Å². The molecular formula is C25H27BrN4O3.